The number of benzene rings is 2. The molecule has 0 bridgehead atoms. The van der Waals surface area contributed by atoms with Gasteiger partial charge in [-0.3, -0.25) is 9.59 Å². The molecule has 1 fully saturated rings. The van der Waals surface area contributed by atoms with Crippen molar-refractivity contribution in [2.24, 2.45) is 0 Å². The molecule has 0 aromatic heterocycles. The first-order valence-electron chi connectivity index (χ1n) is 7.42. The normalized spacial score (nSPS) is 17.7. The van der Waals surface area contributed by atoms with E-state index in [1.165, 1.54) is 4.90 Å². The molecule has 1 heterocycles. The van der Waals surface area contributed by atoms with Crippen LogP contribution in [0.1, 0.15) is 17.5 Å². The van der Waals surface area contributed by atoms with Gasteiger partial charge in [-0.25, -0.2) is 4.90 Å². The maximum Gasteiger partial charge on any atom is 0.256 e. The van der Waals surface area contributed by atoms with E-state index in [2.05, 4.69) is 5.32 Å². The lowest BCUT2D eigenvalue weighted by atomic mass is 10.1. The fourth-order valence-electron chi connectivity index (χ4n) is 2.71. The van der Waals surface area contributed by atoms with Crippen LogP contribution in [0.15, 0.2) is 42.5 Å². The Labute approximate surface area is 140 Å². The summed E-state index contributed by atoms with van der Waals surface area (Å²) in [6.45, 7) is 3.96. The highest BCUT2D eigenvalue weighted by Gasteiger charge is 2.40. The van der Waals surface area contributed by atoms with E-state index in [0.29, 0.717) is 10.7 Å². The van der Waals surface area contributed by atoms with Crippen LogP contribution in [-0.4, -0.2) is 17.9 Å². The largest absolute Gasteiger partial charge is 0.373 e. The molecule has 1 saturated heterocycles. The predicted octanol–water partition coefficient (Wildman–Crippen LogP) is 3.70. The van der Waals surface area contributed by atoms with Crippen molar-refractivity contribution < 1.29 is 9.59 Å². The molecule has 0 aliphatic carbocycles. The Hall–Kier alpha value is -2.33. The molecule has 2 amide bonds. The van der Waals surface area contributed by atoms with Gasteiger partial charge in [0, 0.05) is 5.69 Å². The van der Waals surface area contributed by atoms with Crippen LogP contribution in [-0.2, 0) is 9.59 Å². The van der Waals surface area contributed by atoms with E-state index < -0.39 is 6.04 Å². The Morgan fingerprint density at radius 3 is 2.61 bits per heavy atom. The number of imide groups is 1. The molecule has 118 valence electrons. The van der Waals surface area contributed by atoms with Crippen molar-refractivity contribution in [3.63, 3.8) is 0 Å². The summed E-state index contributed by atoms with van der Waals surface area (Å²) in [5.41, 5.74) is 3.44. The maximum absolute atomic E-state index is 12.7. The summed E-state index contributed by atoms with van der Waals surface area (Å²) in [6.07, 6.45) is 0.122. The van der Waals surface area contributed by atoms with Gasteiger partial charge in [-0.15, -0.1) is 0 Å². The average molecular weight is 329 g/mol. The van der Waals surface area contributed by atoms with Crippen molar-refractivity contribution in [3.05, 3.63) is 58.6 Å². The average Bonchev–Trinajstić information content (AvgIpc) is 2.78. The minimum absolute atomic E-state index is 0.122. The van der Waals surface area contributed by atoms with E-state index in [1.807, 2.05) is 32.0 Å². The van der Waals surface area contributed by atoms with Gasteiger partial charge < -0.3 is 5.32 Å². The highest BCUT2D eigenvalue weighted by atomic mass is 35.5. The van der Waals surface area contributed by atoms with Crippen molar-refractivity contribution in [2.75, 3.05) is 10.2 Å². The fraction of sp³-hybridized carbons (Fsp3) is 0.222. The third kappa shape index (κ3) is 2.94. The van der Waals surface area contributed by atoms with Crippen LogP contribution < -0.4 is 10.2 Å². The first-order valence-corrected chi connectivity index (χ1v) is 7.80. The molecule has 1 atom stereocenters. The number of amides is 2. The molecule has 1 N–H and O–H groups in total. The van der Waals surface area contributed by atoms with Gasteiger partial charge in [0.2, 0.25) is 5.91 Å². The predicted molar refractivity (Wildman–Crippen MR) is 91.9 cm³/mol. The molecule has 0 unspecified atom stereocenters. The van der Waals surface area contributed by atoms with E-state index in [1.54, 1.807) is 24.3 Å². The van der Waals surface area contributed by atoms with Gasteiger partial charge in [0.05, 0.1) is 17.1 Å². The molecule has 2 aromatic rings. The minimum atomic E-state index is -0.570. The Kier molecular flexibility index (Phi) is 4.09. The second-order valence-corrected chi connectivity index (χ2v) is 6.15. The molecule has 3 rings (SSSR count). The standard InChI is InChI=1S/C18H17ClN2O2/c1-11-7-8-12(2)14(9-11)20-15-10-17(22)21(18(15)23)16-6-4-3-5-13(16)19/h3-9,15,20H,10H2,1-2H3/t15-/m1/s1. The lowest BCUT2D eigenvalue weighted by Crippen LogP contribution is -2.35. The molecule has 23 heavy (non-hydrogen) atoms. The second-order valence-electron chi connectivity index (χ2n) is 5.74. The molecule has 0 spiro atoms. The molecule has 0 radical (unpaired) electrons. The fourth-order valence-corrected chi connectivity index (χ4v) is 2.93. The van der Waals surface area contributed by atoms with Gasteiger partial charge in [-0.05, 0) is 43.2 Å². The summed E-state index contributed by atoms with van der Waals surface area (Å²) in [4.78, 5) is 26.1. The summed E-state index contributed by atoms with van der Waals surface area (Å²) >= 11 is 6.12. The van der Waals surface area contributed by atoms with Gasteiger partial charge in [0.25, 0.3) is 5.91 Å². The number of hydrogen-bond acceptors (Lipinski definition) is 3. The first kappa shape index (κ1) is 15.6. The van der Waals surface area contributed by atoms with Crippen molar-refractivity contribution in [3.8, 4) is 0 Å². The zero-order valence-electron chi connectivity index (χ0n) is 13.0. The summed E-state index contributed by atoms with van der Waals surface area (Å²) in [5.74, 6) is -0.519. The van der Waals surface area contributed by atoms with Crippen molar-refractivity contribution >= 4 is 34.8 Å². The molecule has 2 aromatic carbocycles. The molecule has 5 heteroatoms. The summed E-state index contributed by atoms with van der Waals surface area (Å²) in [7, 11) is 0. The molecular formula is C18H17ClN2O2. The smallest absolute Gasteiger partial charge is 0.256 e. The Bertz CT molecular complexity index is 788. The SMILES string of the molecule is Cc1ccc(C)c(N[C@@H]2CC(=O)N(c3ccccc3Cl)C2=O)c1. The van der Waals surface area contributed by atoms with Crippen LogP contribution in [0, 0.1) is 13.8 Å². The maximum atomic E-state index is 12.7. The van der Waals surface area contributed by atoms with Gasteiger partial charge >= 0.3 is 0 Å². The van der Waals surface area contributed by atoms with Crippen LogP contribution >= 0.6 is 11.6 Å². The number of aryl methyl sites for hydroxylation is 2. The monoisotopic (exact) mass is 328 g/mol. The van der Waals surface area contributed by atoms with Crippen molar-refractivity contribution in [1.82, 2.24) is 0 Å². The second kappa shape index (κ2) is 6.05. The number of hydrogen-bond donors (Lipinski definition) is 1. The van der Waals surface area contributed by atoms with E-state index in [-0.39, 0.29) is 18.2 Å². The summed E-state index contributed by atoms with van der Waals surface area (Å²) in [6, 6.07) is 12.3. The zero-order valence-corrected chi connectivity index (χ0v) is 13.7. The molecular weight excluding hydrogens is 312 g/mol. The van der Waals surface area contributed by atoms with Gasteiger partial charge in [0.1, 0.15) is 6.04 Å². The molecule has 1 aliphatic rings. The lowest BCUT2D eigenvalue weighted by Gasteiger charge is -2.18. The van der Waals surface area contributed by atoms with Gasteiger partial charge in [0.15, 0.2) is 0 Å². The summed E-state index contributed by atoms with van der Waals surface area (Å²) in [5, 5.41) is 3.58. The number of anilines is 2. The minimum Gasteiger partial charge on any atom is -0.373 e. The summed E-state index contributed by atoms with van der Waals surface area (Å²) < 4.78 is 0. The quantitative estimate of drug-likeness (QED) is 0.874. The van der Waals surface area contributed by atoms with Crippen LogP contribution in [0.25, 0.3) is 0 Å². The van der Waals surface area contributed by atoms with Gasteiger partial charge in [-0.2, -0.15) is 0 Å². The Morgan fingerprint density at radius 2 is 1.87 bits per heavy atom. The van der Waals surface area contributed by atoms with Crippen LogP contribution in [0.4, 0.5) is 11.4 Å². The number of carbonyl (C=O) groups is 2. The number of rotatable bonds is 3. The molecule has 1 aliphatic heterocycles. The molecule has 0 saturated carbocycles. The van der Waals surface area contributed by atoms with Gasteiger partial charge in [-0.1, -0.05) is 35.9 Å². The van der Waals surface area contributed by atoms with Crippen LogP contribution in [0.5, 0.6) is 0 Å². The van der Waals surface area contributed by atoms with Crippen molar-refractivity contribution in [2.45, 2.75) is 26.3 Å². The van der Waals surface area contributed by atoms with Crippen LogP contribution in [0.2, 0.25) is 5.02 Å². The number of nitrogens with one attached hydrogen (secondary N) is 1. The first-order chi connectivity index (χ1) is 11.0. The van der Waals surface area contributed by atoms with E-state index in [9.17, 15) is 9.59 Å². The third-order valence-corrected chi connectivity index (χ3v) is 4.28. The number of carbonyl (C=O) groups excluding carboxylic acids is 2. The van der Waals surface area contributed by atoms with E-state index in [4.69, 9.17) is 11.6 Å². The number of nitrogens with zero attached hydrogens (tertiary/aromatic N) is 1. The number of halogens is 1. The number of para-hydroxylation sites is 1. The Morgan fingerprint density at radius 1 is 1.13 bits per heavy atom. The van der Waals surface area contributed by atoms with E-state index >= 15 is 0 Å². The van der Waals surface area contributed by atoms with Crippen molar-refractivity contribution in [1.29, 1.82) is 0 Å². The zero-order chi connectivity index (χ0) is 16.6. The van der Waals surface area contributed by atoms with E-state index in [0.717, 1.165) is 16.8 Å². The Balaban J connectivity index is 1.87. The molecule has 4 nitrogen and oxygen atoms in total. The topological polar surface area (TPSA) is 49.4 Å². The highest BCUT2D eigenvalue weighted by molar-refractivity contribution is 6.36. The third-order valence-electron chi connectivity index (χ3n) is 3.96. The van der Waals surface area contributed by atoms with Crippen LogP contribution in [0.3, 0.4) is 0 Å². The highest BCUT2D eigenvalue weighted by Crippen LogP contribution is 2.31. The lowest BCUT2D eigenvalue weighted by molar-refractivity contribution is -0.121.